The molecule has 0 bridgehead atoms. The van der Waals surface area contributed by atoms with Crippen LogP contribution in [0.5, 0.6) is 0 Å². The Labute approximate surface area is 72.8 Å². The van der Waals surface area contributed by atoms with E-state index in [4.69, 9.17) is 0 Å². The second-order valence-corrected chi connectivity index (χ2v) is 4.15. The first-order valence-electron chi connectivity index (χ1n) is 4.83. The second kappa shape index (κ2) is 2.09. The molecule has 0 amide bonds. The number of pyridine rings is 1. The highest BCUT2D eigenvalue weighted by Gasteiger charge is 2.55. The number of aromatic nitrogens is 1. The van der Waals surface area contributed by atoms with Crippen LogP contribution in [0.2, 0.25) is 0 Å². The highest BCUT2D eigenvalue weighted by Crippen LogP contribution is 2.61. The monoisotopic (exact) mass is 159 g/mol. The molecule has 2 aliphatic rings. The van der Waals surface area contributed by atoms with E-state index in [0.29, 0.717) is 5.41 Å². The topological polar surface area (TPSA) is 12.9 Å². The van der Waals surface area contributed by atoms with E-state index in [-0.39, 0.29) is 0 Å². The van der Waals surface area contributed by atoms with Crippen LogP contribution in [0.15, 0.2) is 24.4 Å². The molecular weight excluding hydrogens is 146 g/mol. The zero-order chi connectivity index (χ0) is 8.02. The third-order valence-corrected chi connectivity index (χ3v) is 3.32. The quantitative estimate of drug-likeness (QED) is 0.646. The Balaban J connectivity index is 1.97. The number of hydrogen-bond acceptors (Lipinski definition) is 1. The van der Waals surface area contributed by atoms with Gasteiger partial charge in [-0.1, -0.05) is 6.07 Å². The van der Waals surface area contributed by atoms with E-state index in [1.165, 1.54) is 31.4 Å². The second-order valence-electron chi connectivity index (χ2n) is 4.15. The first-order valence-corrected chi connectivity index (χ1v) is 4.83. The molecule has 2 aliphatic carbocycles. The van der Waals surface area contributed by atoms with Gasteiger partial charge in [-0.05, 0) is 43.7 Å². The van der Waals surface area contributed by atoms with Gasteiger partial charge in [-0.25, -0.2) is 0 Å². The van der Waals surface area contributed by atoms with E-state index >= 15 is 0 Å². The molecule has 1 nitrogen and oxygen atoms in total. The zero-order valence-corrected chi connectivity index (χ0v) is 7.16. The van der Waals surface area contributed by atoms with Gasteiger partial charge in [-0.3, -0.25) is 4.98 Å². The Kier molecular flexibility index (Phi) is 1.16. The van der Waals surface area contributed by atoms with Crippen LogP contribution in [0.4, 0.5) is 0 Å². The van der Waals surface area contributed by atoms with Crippen LogP contribution in [0.1, 0.15) is 31.4 Å². The molecule has 12 heavy (non-hydrogen) atoms. The summed E-state index contributed by atoms with van der Waals surface area (Å²) in [4.78, 5) is 4.47. The van der Waals surface area contributed by atoms with Crippen molar-refractivity contribution >= 4 is 0 Å². The molecule has 3 rings (SSSR count). The van der Waals surface area contributed by atoms with Crippen molar-refractivity contribution in [2.45, 2.75) is 31.1 Å². The maximum atomic E-state index is 4.47. The lowest BCUT2D eigenvalue weighted by molar-refractivity contribution is 0.578. The summed E-state index contributed by atoms with van der Waals surface area (Å²) in [6, 6.07) is 6.32. The normalized spacial score (nSPS) is 25.3. The molecule has 2 saturated carbocycles. The Bertz CT molecular complexity index is 283. The van der Waals surface area contributed by atoms with E-state index in [1.54, 1.807) is 0 Å². The summed E-state index contributed by atoms with van der Waals surface area (Å²) in [5, 5.41) is 0. The molecule has 1 aromatic rings. The lowest BCUT2D eigenvalue weighted by Gasteiger charge is -2.12. The van der Waals surface area contributed by atoms with Crippen LogP contribution < -0.4 is 0 Å². The first kappa shape index (κ1) is 6.64. The van der Waals surface area contributed by atoms with Crippen molar-refractivity contribution in [3.63, 3.8) is 0 Å². The fraction of sp³-hybridized carbons (Fsp3) is 0.545. The van der Waals surface area contributed by atoms with Crippen LogP contribution in [-0.4, -0.2) is 4.98 Å². The highest BCUT2D eigenvalue weighted by molar-refractivity contribution is 5.28. The average molecular weight is 159 g/mol. The molecular formula is C11H13N. The van der Waals surface area contributed by atoms with Crippen LogP contribution in [0.3, 0.4) is 0 Å². The summed E-state index contributed by atoms with van der Waals surface area (Å²) in [6.07, 6.45) is 7.58. The average Bonchev–Trinajstić information content (AvgIpc) is 2.99. The van der Waals surface area contributed by atoms with Crippen LogP contribution in [0.25, 0.3) is 0 Å². The fourth-order valence-corrected chi connectivity index (χ4v) is 2.30. The van der Waals surface area contributed by atoms with Gasteiger partial charge in [0.2, 0.25) is 0 Å². The number of nitrogens with zero attached hydrogens (tertiary/aromatic N) is 1. The van der Waals surface area contributed by atoms with Crippen molar-refractivity contribution in [3.05, 3.63) is 30.1 Å². The first-order chi connectivity index (χ1) is 5.92. The molecule has 0 N–H and O–H groups in total. The van der Waals surface area contributed by atoms with Gasteiger partial charge in [0.05, 0.1) is 0 Å². The van der Waals surface area contributed by atoms with Crippen molar-refractivity contribution in [1.29, 1.82) is 0 Å². The van der Waals surface area contributed by atoms with Gasteiger partial charge < -0.3 is 0 Å². The van der Waals surface area contributed by atoms with Gasteiger partial charge >= 0.3 is 0 Å². The van der Waals surface area contributed by atoms with Crippen molar-refractivity contribution < 1.29 is 0 Å². The summed E-state index contributed by atoms with van der Waals surface area (Å²) in [5.41, 5.74) is 1.90. The van der Waals surface area contributed by atoms with E-state index < -0.39 is 0 Å². The number of rotatable bonds is 2. The third-order valence-electron chi connectivity index (χ3n) is 3.32. The summed E-state index contributed by atoms with van der Waals surface area (Å²) >= 11 is 0. The molecule has 0 aromatic carbocycles. The Hall–Kier alpha value is -0.850. The molecule has 62 valence electrons. The molecule has 1 heterocycles. The van der Waals surface area contributed by atoms with Gasteiger partial charge in [0, 0.05) is 17.3 Å². The predicted molar refractivity (Wildman–Crippen MR) is 47.9 cm³/mol. The maximum absolute atomic E-state index is 4.47. The SMILES string of the molecule is c1ccc(C2(C3CC3)CC2)nc1. The molecule has 0 saturated heterocycles. The molecule has 0 spiro atoms. The van der Waals surface area contributed by atoms with Gasteiger partial charge in [0.25, 0.3) is 0 Å². The standard InChI is InChI=1S/C11H13N/c1-2-8-12-10(3-1)11(6-7-11)9-4-5-9/h1-3,8-9H,4-7H2. The van der Waals surface area contributed by atoms with E-state index in [0.717, 1.165) is 5.92 Å². The van der Waals surface area contributed by atoms with Crippen LogP contribution in [-0.2, 0) is 5.41 Å². The maximum Gasteiger partial charge on any atom is 0.0468 e. The Morgan fingerprint density at radius 1 is 1.25 bits per heavy atom. The molecule has 0 atom stereocenters. The lowest BCUT2D eigenvalue weighted by atomic mass is 9.96. The largest absolute Gasteiger partial charge is 0.261 e. The summed E-state index contributed by atoms with van der Waals surface area (Å²) in [5.74, 6) is 0.979. The van der Waals surface area contributed by atoms with E-state index in [1.807, 2.05) is 12.3 Å². The minimum absolute atomic E-state index is 0.543. The molecule has 0 radical (unpaired) electrons. The summed E-state index contributed by atoms with van der Waals surface area (Å²) in [7, 11) is 0. The zero-order valence-electron chi connectivity index (χ0n) is 7.16. The van der Waals surface area contributed by atoms with Crippen molar-refractivity contribution in [2.24, 2.45) is 5.92 Å². The molecule has 0 aliphatic heterocycles. The van der Waals surface area contributed by atoms with Gasteiger partial charge in [0.15, 0.2) is 0 Å². The van der Waals surface area contributed by atoms with E-state index in [9.17, 15) is 0 Å². The molecule has 1 heteroatoms. The lowest BCUT2D eigenvalue weighted by Crippen LogP contribution is -2.10. The van der Waals surface area contributed by atoms with Gasteiger partial charge in [-0.15, -0.1) is 0 Å². The summed E-state index contributed by atoms with van der Waals surface area (Å²) in [6.45, 7) is 0. The third kappa shape index (κ3) is 0.825. The number of hydrogen-bond donors (Lipinski definition) is 0. The van der Waals surface area contributed by atoms with E-state index in [2.05, 4.69) is 17.1 Å². The molecule has 0 unspecified atom stereocenters. The minimum Gasteiger partial charge on any atom is -0.261 e. The van der Waals surface area contributed by atoms with Gasteiger partial charge in [-0.2, -0.15) is 0 Å². The summed E-state index contributed by atoms with van der Waals surface area (Å²) < 4.78 is 0. The van der Waals surface area contributed by atoms with Crippen LogP contribution >= 0.6 is 0 Å². The fourth-order valence-electron chi connectivity index (χ4n) is 2.30. The molecule has 2 fully saturated rings. The Morgan fingerprint density at radius 3 is 2.58 bits per heavy atom. The Morgan fingerprint density at radius 2 is 2.08 bits per heavy atom. The van der Waals surface area contributed by atoms with Crippen LogP contribution in [0, 0.1) is 5.92 Å². The van der Waals surface area contributed by atoms with Crippen molar-refractivity contribution in [2.75, 3.05) is 0 Å². The van der Waals surface area contributed by atoms with Crippen molar-refractivity contribution in [3.8, 4) is 0 Å². The molecule has 1 aromatic heterocycles. The minimum atomic E-state index is 0.543. The predicted octanol–water partition coefficient (Wildman–Crippen LogP) is 2.52. The smallest absolute Gasteiger partial charge is 0.0468 e. The highest BCUT2D eigenvalue weighted by atomic mass is 14.8. The van der Waals surface area contributed by atoms with Crippen molar-refractivity contribution in [1.82, 2.24) is 4.98 Å². The van der Waals surface area contributed by atoms with Gasteiger partial charge in [0.1, 0.15) is 0 Å².